The van der Waals surface area contributed by atoms with Gasteiger partial charge in [-0.1, -0.05) is 13.0 Å². The van der Waals surface area contributed by atoms with Gasteiger partial charge in [-0.25, -0.2) is 4.98 Å². The van der Waals surface area contributed by atoms with Crippen molar-refractivity contribution in [3.63, 3.8) is 0 Å². The van der Waals surface area contributed by atoms with Crippen molar-refractivity contribution in [2.24, 2.45) is 5.92 Å². The number of carbonyl (C=O) groups excluding carboxylic acids is 1. The summed E-state index contributed by atoms with van der Waals surface area (Å²) in [6.45, 7) is 6.32. The topological polar surface area (TPSA) is 67.2 Å². The maximum Gasteiger partial charge on any atom is 0.228 e. The second kappa shape index (κ2) is 6.54. The van der Waals surface area contributed by atoms with Crippen LogP contribution in [0.3, 0.4) is 0 Å². The van der Waals surface area contributed by atoms with E-state index in [9.17, 15) is 4.79 Å². The molecule has 2 rings (SSSR count). The van der Waals surface area contributed by atoms with Crippen LogP contribution in [-0.4, -0.2) is 24.5 Å². The standard InChI is InChI=1S/C16H21N3O2/c1-10(9-17-4)15(20)19-14-7-5-6-13(8-14)16-18-11(2)12(3)21-16/h5-8,10,17H,9H2,1-4H3,(H,19,20). The molecule has 0 fully saturated rings. The van der Waals surface area contributed by atoms with E-state index in [1.165, 1.54) is 0 Å². The van der Waals surface area contributed by atoms with E-state index >= 15 is 0 Å². The van der Waals surface area contributed by atoms with Crippen LogP contribution in [-0.2, 0) is 4.79 Å². The third kappa shape index (κ3) is 3.70. The van der Waals surface area contributed by atoms with Crippen molar-refractivity contribution in [3.8, 4) is 11.5 Å². The third-order valence-corrected chi connectivity index (χ3v) is 3.36. The Morgan fingerprint density at radius 1 is 1.38 bits per heavy atom. The van der Waals surface area contributed by atoms with Gasteiger partial charge in [0, 0.05) is 23.7 Å². The number of aromatic nitrogens is 1. The minimum absolute atomic E-state index is 0.0127. The molecule has 0 spiro atoms. The van der Waals surface area contributed by atoms with E-state index in [0.29, 0.717) is 12.4 Å². The van der Waals surface area contributed by atoms with Crippen LogP contribution in [0.5, 0.6) is 0 Å². The molecular weight excluding hydrogens is 266 g/mol. The number of aryl methyl sites for hydroxylation is 2. The summed E-state index contributed by atoms with van der Waals surface area (Å²) in [5.74, 6) is 1.28. The molecule has 1 atom stereocenters. The molecule has 1 aromatic carbocycles. The number of rotatable bonds is 5. The fraction of sp³-hybridized carbons (Fsp3) is 0.375. The number of anilines is 1. The lowest BCUT2D eigenvalue weighted by Gasteiger charge is -2.11. The number of carbonyl (C=O) groups is 1. The summed E-state index contributed by atoms with van der Waals surface area (Å²) in [6, 6.07) is 7.52. The maximum absolute atomic E-state index is 12.0. The number of oxazole rings is 1. The average Bonchev–Trinajstić information content (AvgIpc) is 2.79. The highest BCUT2D eigenvalue weighted by Gasteiger charge is 2.13. The van der Waals surface area contributed by atoms with Crippen molar-refractivity contribution < 1.29 is 9.21 Å². The van der Waals surface area contributed by atoms with E-state index in [4.69, 9.17) is 4.42 Å². The van der Waals surface area contributed by atoms with Gasteiger partial charge in [-0.05, 0) is 39.1 Å². The van der Waals surface area contributed by atoms with E-state index in [1.54, 1.807) is 0 Å². The molecule has 21 heavy (non-hydrogen) atoms. The van der Waals surface area contributed by atoms with Crippen LogP contribution in [0.2, 0.25) is 0 Å². The Labute approximate surface area is 124 Å². The fourth-order valence-corrected chi connectivity index (χ4v) is 1.99. The van der Waals surface area contributed by atoms with Gasteiger partial charge in [0.2, 0.25) is 11.8 Å². The molecule has 0 saturated carbocycles. The van der Waals surface area contributed by atoms with Gasteiger partial charge in [0.1, 0.15) is 5.76 Å². The van der Waals surface area contributed by atoms with Crippen molar-refractivity contribution in [3.05, 3.63) is 35.7 Å². The quantitative estimate of drug-likeness (QED) is 0.887. The molecule has 0 saturated heterocycles. The molecule has 1 amide bonds. The molecule has 2 N–H and O–H groups in total. The van der Waals surface area contributed by atoms with Crippen molar-refractivity contribution >= 4 is 11.6 Å². The molecule has 0 radical (unpaired) electrons. The first-order valence-corrected chi connectivity index (χ1v) is 7.01. The molecule has 0 aliphatic rings. The first-order chi connectivity index (χ1) is 10.0. The maximum atomic E-state index is 12.0. The smallest absolute Gasteiger partial charge is 0.228 e. The van der Waals surface area contributed by atoms with Crippen molar-refractivity contribution in [2.75, 3.05) is 18.9 Å². The molecule has 1 heterocycles. The number of hydrogen-bond donors (Lipinski definition) is 2. The summed E-state index contributed by atoms with van der Waals surface area (Å²) in [6.07, 6.45) is 0. The van der Waals surface area contributed by atoms with Gasteiger partial charge in [0.05, 0.1) is 5.69 Å². The van der Waals surface area contributed by atoms with Crippen molar-refractivity contribution in [1.29, 1.82) is 0 Å². The summed E-state index contributed by atoms with van der Waals surface area (Å²) in [4.78, 5) is 16.4. The summed E-state index contributed by atoms with van der Waals surface area (Å²) in [5.41, 5.74) is 2.47. The zero-order valence-electron chi connectivity index (χ0n) is 12.9. The van der Waals surface area contributed by atoms with E-state index in [-0.39, 0.29) is 11.8 Å². The van der Waals surface area contributed by atoms with E-state index in [2.05, 4.69) is 15.6 Å². The lowest BCUT2D eigenvalue weighted by molar-refractivity contribution is -0.119. The number of nitrogens with one attached hydrogen (secondary N) is 2. The van der Waals surface area contributed by atoms with Crippen LogP contribution in [0.4, 0.5) is 5.69 Å². The van der Waals surface area contributed by atoms with Gasteiger partial charge in [-0.15, -0.1) is 0 Å². The predicted octanol–water partition coefficient (Wildman–Crippen LogP) is 2.75. The largest absolute Gasteiger partial charge is 0.441 e. The van der Waals surface area contributed by atoms with Crippen LogP contribution in [0.1, 0.15) is 18.4 Å². The van der Waals surface area contributed by atoms with Gasteiger partial charge < -0.3 is 15.1 Å². The molecule has 0 aliphatic carbocycles. The first-order valence-electron chi connectivity index (χ1n) is 7.01. The monoisotopic (exact) mass is 287 g/mol. The van der Waals surface area contributed by atoms with Gasteiger partial charge in [-0.2, -0.15) is 0 Å². The lowest BCUT2D eigenvalue weighted by Crippen LogP contribution is -2.28. The normalized spacial score (nSPS) is 12.2. The molecule has 112 valence electrons. The molecule has 2 aromatic rings. The first kappa shape index (κ1) is 15.3. The van der Waals surface area contributed by atoms with Crippen LogP contribution in [0.15, 0.2) is 28.7 Å². The summed E-state index contributed by atoms with van der Waals surface area (Å²) in [7, 11) is 1.83. The molecule has 1 aromatic heterocycles. The van der Waals surface area contributed by atoms with Gasteiger partial charge in [0.15, 0.2) is 0 Å². The number of benzene rings is 1. The minimum atomic E-state index is -0.0927. The summed E-state index contributed by atoms with van der Waals surface area (Å²) in [5, 5.41) is 5.90. The zero-order chi connectivity index (χ0) is 15.4. The zero-order valence-corrected chi connectivity index (χ0v) is 12.9. The number of nitrogens with zero attached hydrogens (tertiary/aromatic N) is 1. The summed E-state index contributed by atoms with van der Waals surface area (Å²) < 4.78 is 5.61. The molecule has 0 bridgehead atoms. The number of hydrogen-bond acceptors (Lipinski definition) is 4. The fourth-order valence-electron chi connectivity index (χ4n) is 1.99. The van der Waals surface area contributed by atoms with Gasteiger partial charge >= 0.3 is 0 Å². The second-order valence-electron chi connectivity index (χ2n) is 5.19. The molecule has 5 nitrogen and oxygen atoms in total. The summed E-state index contributed by atoms with van der Waals surface area (Å²) >= 11 is 0. The Morgan fingerprint density at radius 3 is 2.76 bits per heavy atom. The Kier molecular flexibility index (Phi) is 4.75. The molecular formula is C16H21N3O2. The highest BCUT2D eigenvalue weighted by molar-refractivity contribution is 5.93. The highest BCUT2D eigenvalue weighted by atomic mass is 16.4. The van der Waals surface area contributed by atoms with Gasteiger partial charge in [-0.3, -0.25) is 4.79 Å². The van der Waals surface area contributed by atoms with E-state index < -0.39 is 0 Å². The predicted molar refractivity (Wildman–Crippen MR) is 83.1 cm³/mol. The second-order valence-corrected chi connectivity index (χ2v) is 5.19. The lowest BCUT2D eigenvalue weighted by atomic mass is 10.1. The highest BCUT2D eigenvalue weighted by Crippen LogP contribution is 2.24. The third-order valence-electron chi connectivity index (χ3n) is 3.36. The van der Waals surface area contributed by atoms with E-state index in [0.717, 1.165) is 22.7 Å². The molecule has 0 aliphatic heterocycles. The Bertz CT molecular complexity index is 615. The molecule has 5 heteroatoms. The van der Waals surface area contributed by atoms with Crippen LogP contribution in [0.25, 0.3) is 11.5 Å². The Balaban J connectivity index is 2.16. The van der Waals surface area contributed by atoms with Crippen LogP contribution >= 0.6 is 0 Å². The van der Waals surface area contributed by atoms with Crippen molar-refractivity contribution in [1.82, 2.24) is 10.3 Å². The van der Waals surface area contributed by atoms with Crippen LogP contribution < -0.4 is 10.6 Å². The van der Waals surface area contributed by atoms with Crippen LogP contribution in [0, 0.1) is 19.8 Å². The van der Waals surface area contributed by atoms with Crippen molar-refractivity contribution in [2.45, 2.75) is 20.8 Å². The average molecular weight is 287 g/mol. The molecule has 1 unspecified atom stereocenters. The Morgan fingerprint density at radius 2 is 2.14 bits per heavy atom. The Hall–Kier alpha value is -2.14. The SMILES string of the molecule is CNCC(C)C(=O)Nc1cccc(-c2nc(C)c(C)o2)c1. The number of amides is 1. The van der Waals surface area contributed by atoms with Gasteiger partial charge in [0.25, 0.3) is 0 Å². The van der Waals surface area contributed by atoms with E-state index in [1.807, 2.05) is 52.1 Å². The minimum Gasteiger partial charge on any atom is -0.441 e.